The van der Waals surface area contributed by atoms with Crippen LogP contribution in [0.5, 0.6) is 0 Å². The number of rotatable bonds is 0. The van der Waals surface area contributed by atoms with Crippen molar-refractivity contribution in [3.05, 3.63) is 60.7 Å². The number of hydrogen-bond acceptors (Lipinski definition) is 0. The zero-order valence-electron chi connectivity index (χ0n) is 6.27. The molecular weight excluding hydrogens is 358 g/mol. The molecule has 54 valence electrons. The summed E-state index contributed by atoms with van der Waals surface area (Å²) in [5, 5.41) is 0. The van der Waals surface area contributed by atoms with Crippen LogP contribution in [0.25, 0.3) is 0 Å². The molecule has 0 aliphatic rings. The van der Waals surface area contributed by atoms with Gasteiger partial charge in [0.15, 0.2) is 0 Å². The van der Waals surface area contributed by atoms with Gasteiger partial charge in [0.2, 0.25) is 0 Å². The summed E-state index contributed by atoms with van der Waals surface area (Å²) in [6.07, 6.45) is 0. The van der Waals surface area contributed by atoms with E-state index in [-0.39, 0.29) is 31.1 Å². The summed E-state index contributed by atoms with van der Waals surface area (Å²) in [7, 11) is 0. The molecule has 0 aliphatic carbocycles. The zero-order chi connectivity index (χ0) is 7.07. The summed E-state index contributed by atoms with van der Waals surface area (Å²) >= 11 is 0. The Hall–Kier alpha value is -0.248. The molecule has 0 bridgehead atoms. The standard InChI is InChI=1S/2C5H5.U/c2*1-2-4-5-3-1;/h2*1-5H;/q2*-1;+2. The Morgan fingerprint density at radius 3 is 0.909 bits per heavy atom. The van der Waals surface area contributed by atoms with Crippen molar-refractivity contribution in [3.63, 3.8) is 0 Å². The zero-order valence-corrected chi connectivity index (χ0v) is 10.4. The molecule has 1 heteroatoms. The van der Waals surface area contributed by atoms with E-state index in [2.05, 4.69) is 0 Å². The van der Waals surface area contributed by atoms with E-state index in [1.54, 1.807) is 0 Å². The largest absolute Gasteiger partial charge is 2.00 e. The molecule has 0 saturated heterocycles. The average Bonchev–Trinajstić information content (AvgIpc) is 2.67. The molecule has 0 atom stereocenters. The van der Waals surface area contributed by atoms with Gasteiger partial charge < -0.3 is 0 Å². The molecule has 0 spiro atoms. The Labute approximate surface area is 91.4 Å². The van der Waals surface area contributed by atoms with Gasteiger partial charge in [0.05, 0.1) is 0 Å². The van der Waals surface area contributed by atoms with Crippen molar-refractivity contribution in [2.75, 3.05) is 0 Å². The molecule has 0 amide bonds. The summed E-state index contributed by atoms with van der Waals surface area (Å²) in [6.45, 7) is 0. The smallest absolute Gasteiger partial charge is 0.214 e. The van der Waals surface area contributed by atoms with Crippen molar-refractivity contribution < 1.29 is 31.1 Å². The molecule has 0 saturated carbocycles. The minimum absolute atomic E-state index is 0. The average molecular weight is 368 g/mol. The predicted molar refractivity (Wildman–Crippen MR) is 44.1 cm³/mol. The minimum atomic E-state index is 0. The second kappa shape index (κ2) is 7.85. The van der Waals surface area contributed by atoms with E-state index in [0.29, 0.717) is 0 Å². The van der Waals surface area contributed by atoms with Crippen molar-refractivity contribution >= 4 is 0 Å². The van der Waals surface area contributed by atoms with Gasteiger partial charge >= 0.3 is 31.1 Å². The molecule has 0 fully saturated rings. The van der Waals surface area contributed by atoms with Gasteiger partial charge in [-0.2, -0.15) is 36.4 Å². The van der Waals surface area contributed by atoms with Crippen molar-refractivity contribution in [2.24, 2.45) is 0 Å². The third-order valence-corrected chi connectivity index (χ3v) is 1.11. The quantitative estimate of drug-likeness (QED) is 0.628. The van der Waals surface area contributed by atoms with Crippen molar-refractivity contribution in [1.29, 1.82) is 0 Å². The summed E-state index contributed by atoms with van der Waals surface area (Å²) in [5.41, 5.74) is 0. The summed E-state index contributed by atoms with van der Waals surface area (Å²) < 4.78 is 0. The maximum absolute atomic E-state index is 2.00. The molecule has 2 aromatic carbocycles. The molecule has 11 heavy (non-hydrogen) atoms. The van der Waals surface area contributed by atoms with E-state index in [1.165, 1.54) is 0 Å². The van der Waals surface area contributed by atoms with Gasteiger partial charge in [-0.3, -0.25) is 0 Å². The first-order valence-corrected chi connectivity index (χ1v) is 3.33. The molecule has 0 aliphatic heterocycles. The van der Waals surface area contributed by atoms with Crippen LogP contribution in [-0.4, -0.2) is 0 Å². The van der Waals surface area contributed by atoms with E-state index in [0.717, 1.165) is 0 Å². The Balaban J connectivity index is 0.000000167. The van der Waals surface area contributed by atoms with Gasteiger partial charge in [-0.15, -0.1) is 0 Å². The topological polar surface area (TPSA) is 0 Å². The maximum atomic E-state index is 2.00. The Kier molecular flexibility index (Phi) is 7.68. The van der Waals surface area contributed by atoms with Gasteiger partial charge in [0, 0.05) is 0 Å². The van der Waals surface area contributed by atoms with Crippen LogP contribution in [0.2, 0.25) is 0 Å². The van der Waals surface area contributed by atoms with Crippen molar-refractivity contribution in [3.8, 4) is 0 Å². The van der Waals surface area contributed by atoms with Crippen LogP contribution in [0, 0.1) is 31.1 Å². The second-order valence-electron chi connectivity index (χ2n) is 1.92. The molecule has 2 rings (SSSR count). The van der Waals surface area contributed by atoms with E-state index in [1.807, 2.05) is 60.7 Å². The third kappa shape index (κ3) is 6.16. The molecule has 0 unspecified atom stereocenters. The first-order valence-electron chi connectivity index (χ1n) is 3.33. The first-order chi connectivity index (χ1) is 5.00. The predicted octanol–water partition coefficient (Wildman–Crippen LogP) is 2.81. The van der Waals surface area contributed by atoms with Crippen LogP contribution in [0.15, 0.2) is 60.7 Å². The molecule has 0 nitrogen and oxygen atoms in total. The van der Waals surface area contributed by atoms with Gasteiger partial charge in [-0.05, 0) is 0 Å². The van der Waals surface area contributed by atoms with Crippen LogP contribution >= 0.6 is 0 Å². The Bertz CT molecular complexity index is 144. The van der Waals surface area contributed by atoms with E-state index < -0.39 is 0 Å². The third-order valence-electron chi connectivity index (χ3n) is 1.11. The molecule has 0 heterocycles. The summed E-state index contributed by atoms with van der Waals surface area (Å²) in [5.74, 6) is 0. The molecule has 0 aromatic heterocycles. The second-order valence-corrected chi connectivity index (χ2v) is 1.92. The van der Waals surface area contributed by atoms with Crippen LogP contribution in [0.4, 0.5) is 0 Å². The van der Waals surface area contributed by atoms with Gasteiger partial charge in [-0.1, -0.05) is 0 Å². The van der Waals surface area contributed by atoms with Crippen LogP contribution in [0.1, 0.15) is 0 Å². The number of hydrogen-bond donors (Lipinski definition) is 0. The van der Waals surface area contributed by atoms with Crippen LogP contribution in [0.3, 0.4) is 0 Å². The first kappa shape index (κ1) is 10.8. The fourth-order valence-corrected chi connectivity index (χ4v) is 0.642. The van der Waals surface area contributed by atoms with E-state index in [4.69, 9.17) is 0 Å². The molecular formula is C10H10U. The summed E-state index contributed by atoms with van der Waals surface area (Å²) in [4.78, 5) is 0. The van der Waals surface area contributed by atoms with E-state index in [9.17, 15) is 0 Å². The van der Waals surface area contributed by atoms with Crippen molar-refractivity contribution in [1.82, 2.24) is 0 Å². The van der Waals surface area contributed by atoms with E-state index >= 15 is 0 Å². The molecule has 0 radical (unpaired) electrons. The fraction of sp³-hybridized carbons (Fsp3) is 0. The minimum Gasteiger partial charge on any atom is -0.214 e. The van der Waals surface area contributed by atoms with Gasteiger partial charge in [0.1, 0.15) is 0 Å². The van der Waals surface area contributed by atoms with Crippen molar-refractivity contribution in [2.45, 2.75) is 0 Å². The Morgan fingerprint density at radius 2 is 0.818 bits per heavy atom. The maximum Gasteiger partial charge on any atom is 2.00 e. The van der Waals surface area contributed by atoms with Crippen LogP contribution < -0.4 is 0 Å². The SMILES string of the molecule is [U+2].c1cc[cH-]c1.c1cc[cH-]c1. The fourth-order valence-electron chi connectivity index (χ4n) is 0.642. The van der Waals surface area contributed by atoms with Gasteiger partial charge in [0.25, 0.3) is 0 Å². The molecule has 2 aromatic rings. The monoisotopic (exact) mass is 368 g/mol. The van der Waals surface area contributed by atoms with Gasteiger partial charge in [-0.25, -0.2) is 24.3 Å². The summed E-state index contributed by atoms with van der Waals surface area (Å²) in [6, 6.07) is 20.0. The normalized spacial score (nSPS) is 7.27. The molecule has 0 N–H and O–H groups in total. The van der Waals surface area contributed by atoms with Crippen LogP contribution in [-0.2, 0) is 0 Å². The Morgan fingerprint density at radius 1 is 0.545 bits per heavy atom.